The van der Waals surface area contributed by atoms with Gasteiger partial charge in [0.2, 0.25) is 27.7 Å². The molecule has 0 unspecified atom stereocenters. The topological polar surface area (TPSA) is 104 Å². The molecule has 2 aliphatic heterocycles. The summed E-state index contributed by atoms with van der Waals surface area (Å²) in [6.45, 7) is 1.05. The van der Waals surface area contributed by atoms with E-state index in [0.717, 1.165) is 12.8 Å². The quantitative estimate of drug-likeness (QED) is 0.546. The highest BCUT2D eigenvalue weighted by molar-refractivity contribution is 7.89. The van der Waals surface area contributed by atoms with Crippen LogP contribution in [0.4, 0.5) is 5.69 Å². The molecule has 1 aliphatic carbocycles. The highest BCUT2D eigenvalue weighted by Crippen LogP contribution is 2.35. The van der Waals surface area contributed by atoms with Crippen LogP contribution in [-0.2, 0) is 24.4 Å². The third-order valence-corrected chi connectivity index (χ3v) is 7.88. The summed E-state index contributed by atoms with van der Waals surface area (Å²) in [5, 5.41) is 2.68. The number of likely N-dealkylation sites (tertiary alicyclic amines) is 1. The van der Waals surface area contributed by atoms with Gasteiger partial charge >= 0.3 is 0 Å². The lowest BCUT2D eigenvalue weighted by atomic mass is 9.85. The number of imide groups is 1. The van der Waals surface area contributed by atoms with E-state index < -0.39 is 10.0 Å². The molecular weight excluding hydrogens is 406 g/mol. The zero-order valence-electron chi connectivity index (χ0n) is 16.6. The normalized spacial score (nSPS) is 24.3. The van der Waals surface area contributed by atoms with Gasteiger partial charge in [-0.1, -0.05) is 18.2 Å². The van der Waals surface area contributed by atoms with Gasteiger partial charge in [0, 0.05) is 31.7 Å². The van der Waals surface area contributed by atoms with Crippen molar-refractivity contribution in [2.45, 2.75) is 37.0 Å². The average molecular weight is 432 g/mol. The Bertz CT molecular complexity index is 972. The maximum Gasteiger partial charge on any atom is 0.243 e. The van der Waals surface area contributed by atoms with E-state index in [0.29, 0.717) is 31.6 Å². The van der Waals surface area contributed by atoms with E-state index in [4.69, 9.17) is 0 Å². The molecule has 0 bridgehead atoms. The minimum Gasteiger partial charge on any atom is -0.326 e. The standard InChI is InChI=1S/C21H25N3O5S/c25-19(10-13-24-20(26)17-8-1-2-9-18(17)21(24)27)22-15-6-5-7-16(14-15)30(28,29)23-11-3-4-12-23/h1-2,5-7,14,17-18H,3-4,8-13H2,(H,22,25)/t17-,18-/m1/s1. The summed E-state index contributed by atoms with van der Waals surface area (Å²) in [5.74, 6) is -1.41. The molecule has 30 heavy (non-hydrogen) atoms. The van der Waals surface area contributed by atoms with Gasteiger partial charge in [-0.2, -0.15) is 4.31 Å². The largest absolute Gasteiger partial charge is 0.326 e. The number of amides is 3. The van der Waals surface area contributed by atoms with Gasteiger partial charge in [-0.25, -0.2) is 8.42 Å². The van der Waals surface area contributed by atoms with Crippen molar-refractivity contribution in [3.8, 4) is 0 Å². The maximum atomic E-state index is 12.7. The molecule has 4 rings (SSSR count). The first-order chi connectivity index (χ1) is 14.4. The van der Waals surface area contributed by atoms with Crippen molar-refractivity contribution in [3.05, 3.63) is 36.4 Å². The number of anilines is 1. The summed E-state index contributed by atoms with van der Waals surface area (Å²) in [6, 6.07) is 6.16. The first-order valence-electron chi connectivity index (χ1n) is 10.3. The van der Waals surface area contributed by atoms with Crippen LogP contribution in [0.3, 0.4) is 0 Å². The number of nitrogens with zero attached hydrogens (tertiary/aromatic N) is 2. The van der Waals surface area contributed by atoms with Gasteiger partial charge in [-0.3, -0.25) is 19.3 Å². The van der Waals surface area contributed by atoms with Crippen molar-refractivity contribution in [1.29, 1.82) is 0 Å². The molecule has 1 N–H and O–H groups in total. The minimum absolute atomic E-state index is 0.0300. The fourth-order valence-corrected chi connectivity index (χ4v) is 5.90. The number of rotatable bonds is 6. The van der Waals surface area contributed by atoms with E-state index in [1.807, 2.05) is 12.2 Å². The molecule has 0 radical (unpaired) electrons. The van der Waals surface area contributed by atoms with Crippen LogP contribution in [0.2, 0.25) is 0 Å². The van der Waals surface area contributed by atoms with E-state index in [2.05, 4.69) is 5.32 Å². The van der Waals surface area contributed by atoms with E-state index in [-0.39, 0.29) is 47.4 Å². The van der Waals surface area contributed by atoms with Gasteiger partial charge in [0.15, 0.2) is 0 Å². The van der Waals surface area contributed by atoms with Crippen molar-refractivity contribution in [3.63, 3.8) is 0 Å². The molecular formula is C21H25N3O5S. The van der Waals surface area contributed by atoms with Crippen LogP contribution in [0.25, 0.3) is 0 Å². The second-order valence-electron chi connectivity index (χ2n) is 7.92. The lowest BCUT2D eigenvalue weighted by Gasteiger charge is -2.17. The molecule has 1 aromatic rings. The third kappa shape index (κ3) is 3.91. The Labute approximate surface area is 176 Å². The Balaban J connectivity index is 1.37. The van der Waals surface area contributed by atoms with Gasteiger partial charge in [0.25, 0.3) is 0 Å². The summed E-state index contributed by atoms with van der Waals surface area (Å²) in [6.07, 6.45) is 6.64. The third-order valence-electron chi connectivity index (χ3n) is 5.98. The van der Waals surface area contributed by atoms with E-state index in [1.54, 1.807) is 12.1 Å². The first kappa shape index (κ1) is 20.7. The number of hydrogen-bond donors (Lipinski definition) is 1. The monoisotopic (exact) mass is 431 g/mol. The number of allylic oxidation sites excluding steroid dienone is 2. The molecule has 8 nitrogen and oxygen atoms in total. The summed E-state index contributed by atoms with van der Waals surface area (Å²) in [7, 11) is -3.57. The Morgan fingerprint density at radius 1 is 1.03 bits per heavy atom. The van der Waals surface area contributed by atoms with Gasteiger partial charge in [-0.05, 0) is 43.9 Å². The molecule has 9 heteroatoms. The van der Waals surface area contributed by atoms with E-state index in [9.17, 15) is 22.8 Å². The van der Waals surface area contributed by atoms with Crippen LogP contribution in [0.5, 0.6) is 0 Å². The molecule has 3 amide bonds. The Morgan fingerprint density at radius 2 is 1.67 bits per heavy atom. The van der Waals surface area contributed by atoms with Gasteiger partial charge in [-0.15, -0.1) is 0 Å². The molecule has 2 fully saturated rings. The van der Waals surface area contributed by atoms with Crippen LogP contribution >= 0.6 is 0 Å². The van der Waals surface area contributed by atoms with Gasteiger partial charge < -0.3 is 5.32 Å². The number of sulfonamides is 1. The fraction of sp³-hybridized carbons (Fsp3) is 0.476. The lowest BCUT2D eigenvalue weighted by molar-refractivity contribution is -0.140. The number of nitrogens with one attached hydrogen (secondary N) is 1. The SMILES string of the molecule is O=C(CCN1C(=O)[C@@H]2CC=CC[C@H]2C1=O)Nc1cccc(S(=O)(=O)N2CCCC2)c1. The minimum atomic E-state index is -3.57. The number of carbonyl (C=O) groups is 3. The predicted molar refractivity (Wildman–Crippen MR) is 110 cm³/mol. The zero-order valence-corrected chi connectivity index (χ0v) is 17.4. The summed E-state index contributed by atoms with van der Waals surface area (Å²) < 4.78 is 26.8. The predicted octanol–water partition coefficient (Wildman–Crippen LogP) is 1.75. The number of hydrogen-bond acceptors (Lipinski definition) is 5. The molecule has 0 spiro atoms. The van der Waals surface area contributed by atoms with E-state index >= 15 is 0 Å². The van der Waals surface area contributed by atoms with Crippen molar-refractivity contribution >= 4 is 33.4 Å². The Morgan fingerprint density at radius 3 is 2.30 bits per heavy atom. The average Bonchev–Trinajstić information content (AvgIpc) is 3.36. The highest BCUT2D eigenvalue weighted by Gasteiger charge is 2.46. The van der Waals surface area contributed by atoms with Crippen LogP contribution in [0.15, 0.2) is 41.3 Å². The van der Waals surface area contributed by atoms with Crippen LogP contribution in [0, 0.1) is 11.8 Å². The number of fused-ring (bicyclic) bond motifs is 1. The molecule has 2 heterocycles. The number of benzene rings is 1. The van der Waals surface area contributed by atoms with Crippen LogP contribution in [0.1, 0.15) is 32.1 Å². The van der Waals surface area contributed by atoms with Gasteiger partial charge in [0.1, 0.15) is 0 Å². The first-order valence-corrected chi connectivity index (χ1v) is 11.7. The second kappa shape index (κ2) is 8.31. The molecule has 2 saturated heterocycles. The van der Waals surface area contributed by atoms with Gasteiger partial charge in [0.05, 0.1) is 16.7 Å². The highest BCUT2D eigenvalue weighted by atomic mass is 32.2. The summed E-state index contributed by atoms with van der Waals surface area (Å²) in [4.78, 5) is 38.7. The smallest absolute Gasteiger partial charge is 0.243 e. The molecule has 3 aliphatic rings. The lowest BCUT2D eigenvalue weighted by Crippen LogP contribution is -2.34. The van der Waals surface area contributed by atoms with Crippen LogP contribution < -0.4 is 5.32 Å². The molecule has 1 aromatic carbocycles. The maximum absolute atomic E-state index is 12.7. The molecule has 2 atom stereocenters. The van der Waals surface area contributed by atoms with Crippen molar-refractivity contribution < 1.29 is 22.8 Å². The fourth-order valence-electron chi connectivity index (χ4n) is 4.34. The number of carbonyl (C=O) groups excluding carboxylic acids is 3. The second-order valence-corrected chi connectivity index (χ2v) is 9.86. The Kier molecular flexibility index (Phi) is 5.75. The molecule has 0 aromatic heterocycles. The zero-order chi connectivity index (χ0) is 21.3. The van der Waals surface area contributed by atoms with E-state index in [1.165, 1.54) is 21.3 Å². The van der Waals surface area contributed by atoms with Crippen molar-refractivity contribution in [2.75, 3.05) is 25.0 Å². The summed E-state index contributed by atoms with van der Waals surface area (Å²) >= 11 is 0. The van der Waals surface area contributed by atoms with Crippen molar-refractivity contribution in [1.82, 2.24) is 9.21 Å². The molecule has 160 valence electrons. The Hall–Kier alpha value is -2.52. The summed E-state index contributed by atoms with van der Waals surface area (Å²) in [5.41, 5.74) is 0.372. The molecule has 0 saturated carbocycles. The van der Waals surface area contributed by atoms with Crippen LogP contribution in [-0.4, -0.2) is 55.0 Å². The van der Waals surface area contributed by atoms with Crippen molar-refractivity contribution in [2.24, 2.45) is 11.8 Å².